The van der Waals surface area contributed by atoms with Gasteiger partial charge in [-0.3, -0.25) is 4.98 Å². The third-order valence-corrected chi connectivity index (χ3v) is 1.54. The van der Waals surface area contributed by atoms with Crippen LogP contribution >= 0.6 is 28.3 Å². The van der Waals surface area contributed by atoms with E-state index in [1.54, 1.807) is 12.3 Å². The van der Waals surface area contributed by atoms with E-state index >= 15 is 0 Å². The van der Waals surface area contributed by atoms with Crippen molar-refractivity contribution in [2.24, 2.45) is 5.73 Å². The average Bonchev–Trinajstić information content (AvgIpc) is 1.88. The molecule has 0 unspecified atom stereocenters. The first kappa shape index (κ1) is 10.7. The van der Waals surface area contributed by atoms with E-state index in [0.29, 0.717) is 5.69 Å². The van der Waals surface area contributed by atoms with Crippen LogP contribution in [0.15, 0.2) is 16.7 Å². The van der Waals surface area contributed by atoms with Crippen LogP contribution in [0.25, 0.3) is 0 Å². The maximum atomic E-state index is 9.12. The molecule has 3 nitrogen and oxygen atoms in total. The number of pyridine rings is 1. The van der Waals surface area contributed by atoms with Gasteiger partial charge in [0.2, 0.25) is 0 Å². The SMILES string of the molecule is Cl.NCc1ncc(Br)cc1O. The summed E-state index contributed by atoms with van der Waals surface area (Å²) < 4.78 is 0.752. The Labute approximate surface area is 79.2 Å². The molecular formula is C6H8BrClN2O. The van der Waals surface area contributed by atoms with Crippen LogP contribution in [0.1, 0.15) is 5.69 Å². The molecule has 1 aromatic rings. The highest BCUT2D eigenvalue weighted by molar-refractivity contribution is 9.10. The van der Waals surface area contributed by atoms with E-state index in [1.807, 2.05) is 0 Å². The Bertz CT molecular complexity index is 244. The Morgan fingerprint density at radius 2 is 2.27 bits per heavy atom. The smallest absolute Gasteiger partial charge is 0.139 e. The number of nitrogens with two attached hydrogens (primary N) is 1. The molecule has 1 heterocycles. The molecule has 5 heteroatoms. The van der Waals surface area contributed by atoms with Gasteiger partial charge in [-0.05, 0) is 22.0 Å². The predicted molar refractivity (Wildman–Crippen MR) is 48.7 cm³/mol. The lowest BCUT2D eigenvalue weighted by atomic mass is 10.3. The van der Waals surface area contributed by atoms with Crippen LogP contribution < -0.4 is 5.73 Å². The van der Waals surface area contributed by atoms with Crippen molar-refractivity contribution in [2.45, 2.75) is 6.54 Å². The lowest BCUT2D eigenvalue weighted by Crippen LogP contribution is -1.99. The Balaban J connectivity index is 0.000001000. The summed E-state index contributed by atoms with van der Waals surface area (Å²) in [6, 6.07) is 1.56. The van der Waals surface area contributed by atoms with Crippen LogP contribution in [-0.4, -0.2) is 10.1 Å². The largest absolute Gasteiger partial charge is 0.506 e. The van der Waals surface area contributed by atoms with Crippen LogP contribution in [0.3, 0.4) is 0 Å². The minimum atomic E-state index is 0. The summed E-state index contributed by atoms with van der Waals surface area (Å²) in [6.07, 6.45) is 1.60. The highest BCUT2D eigenvalue weighted by Gasteiger charge is 1.99. The molecular weight excluding hydrogens is 231 g/mol. The molecule has 0 aromatic carbocycles. The molecule has 0 aliphatic heterocycles. The molecule has 0 bridgehead atoms. The summed E-state index contributed by atoms with van der Waals surface area (Å²) in [4.78, 5) is 3.87. The van der Waals surface area contributed by atoms with Crippen molar-refractivity contribution in [1.29, 1.82) is 0 Å². The first-order valence-electron chi connectivity index (χ1n) is 2.77. The predicted octanol–water partition coefficient (Wildman–Crippen LogP) is 1.43. The van der Waals surface area contributed by atoms with E-state index in [-0.39, 0.29) is 24.7 Å². The van der Waals surface area contributed by atoms with E-state index in [2.05, 4.69) is 20.9 Å². The zero-order valence-corrected chi connectivity index (χ0v) is 8.02. The van der Waals surface area contributed by atoms with Gasteiger partial charge in [-0.2, -0.15) is 0 Å². The first-order valence-corrected chi connectivity index (χ1v) is 3.57. The number of rotatable bonds is 1. The first-order chi connectivity index (χ1) is 4.74. The average molecular weight is 240 g/mol. The minimum absolute atomic E-state index is 0. The van der Waals surface area contributed by atoms with Crippen molar-refractivity contribution in [2.75, 3.05) is 0 Å². The number of aromatic nitrogens is 1. The van der Waals surface area contributed by atoms with Crippen LogP contribution in [0.5, 0.6) is 5.75 Å². The summed E-state index contributed by atoms with van der Waals surface area (Å²) in [6.45, 7) is 0.263. The second kappa shape index (κ2) is 4.54. The summed E-state index contributed by atoms with van der Waals surface area (Å²) >= 11 is 3.16. The van der Waals surface area contributed by atoms with Gasteiger partial charge < -0.3 is 10.8 Å². The Morgan fingerprint density at radius 3 is 2.73 bits per heavy atom. The molecule has 0 spiro atoms. The van der Waals surface area contributed by atoms with Crippen molar-refractivity contribution in [3.8, 4) is 5.75 Å². The minimum Gasteiger partial charge on any atom is -0.506 e. The van der Waals surface area contributed by atoms with Gasteiger partial charge in [0, 0.05) is 17.2 Å². The Kier molecular flexibility index (Phi) is 4.40. The molecule has 1 aromatic heterocycles. The van der Waals surface area contributed by atoms with Crippen LogP contribution in [0.4, 0.5) is 0 Å². The van der Waals surface area contributed by atoms with E-state index in [0.717, 1.165) is 4.47 Å². The van der Waals surface area contributed by atoms with Crippen molar-refractivity contribution >= 4 is 28.3 Å². The molecule has 0 aliphatic rings. The normalized spacial score (nSPS) is 8.91. The van der Waals surface area contributed by atoms with Gasteiger partial charge in [-0.1, -0.05) is 0 Å². The molecule has 0 atom stereocenters. The van der Waals surface area contributed by atoms with Crippen molar-refractivity contribution in [1.82, 2.24) is 4.98 Å². The van der Waals surface area contributed by atoms with Gasteiger partial charge in [0.25, 0.3) is 0 Å². The van der Waals surface area contributed by atoms with Gasteiger partial charge in [0.15, 0.2) is 0 Å². The Morgan fingerprint density at radius 1 is 1.64 bits per heavy atom. The third kappa shape index (κ3) is 2.65. The third-order valence-electron chi connectivity index (χ3n) is 1.11. The van der Waals surface area contributed by atoms with E-state index in [9.17, 15) is 0 Å². The quantitative estimate of drug-likeness (QED) is 0.779. The van der Waals surface area contributed by atoms with Gasteiger partial charge in [0.1, 0.15) is 5.75 Å². The molecule has 0 aliphatic carbocycles. The van der Waals surface area contributed by atoms with E-state index < -0.39 is 0 Å². The number of halogens is 2. The highest BCUT2D eigenvalue weighted by Crippen LogP contribution is 2.18. The fourth-order valence-electron chi connectivity index (χ4n) is 0.614. The Hall–Kier alpha value is -0.320. The van der Waals surface area contributed by atoms with Gasteiger partial charge in [-0.15, -0.1) is 12.4 Å². The number of aromatic hydroxyl groups is 1. The molecule has 0 fully saturated rings. The molecule has 1 rings (SSSR count). The fourth-order valence-corrected chi connectivity index (χ4v) is 0.933. The molecule has 0 saturated heterocycles. The molecule has 0 radical (unpaired) electrons. The topological polar surface area (TPSA) is 59.1 Å². The fraction of sp³-hybridized carbons (Fsp3) is 0.167. The lowest BCUT2D eigenvalue weighted by molar-refractivity contribution is 0.464. The zero-order chi connectivity index (χ0) is 7.56. The number of nitrogens with zero attached hydrogens (tertiary/aromatic N) is 1. The summed E-state index contributed by atoms with van der Waals surface area (Å²) in [5.41, 5.74) is 5.78. The molecule has 62 valence electrons. The summed E-state index contributed by atoms with van der Waals surface area (Å²) in [7, 11) is 0. The summed E-state index contributed by atoms with van der Waals surface area (Å²) in [5, 5.41) is 9.12. The second-order valence-electron chi connectivity index (χ2n) is 1.82. The standard InChI is InChI=1S/C6H7BrN2O.ClH/c7-4-1-6(10)5(2-8)9-3-4;/h1,3,10H,2,8H2;1H. The maximum absolute atomic E-state index is 9.12. The number of hydrogen-bond donors (Lipinski definition) is 2. The molecule has 3 N–H and O–H groups in total. The molecule has 0 saturated carbocycles. The van der Waals surface area contributed by atoms with Gasteiger partial charge >= 0.3 is 0 Å². The molecule has 11 heavy (non-hydrogen) atoms. The van der Waals surface area contributed by atoms with E-state index in [4.69, 9.17) is 10.8 Å². The monoisotopic (exact) mass is 238 g/mol. The zero-order valence-electron chi connectivity index (χ0n) is 5.62. The van der Waals surface area contributed by atoms with Gasteiger partial charge in [0.05, 0.1) is 5.69 Å². The lowest BCUT2D eigenvalue weighted by Gasteiger charge is -1.98. The number of hydrogen-bond acceptors (Lipinski definition) is 3. The van der Waals surface area contributed by atoms with Crippen LogP contribution in [0.2, 0.25) is 0 Å². The second-order valence-corrected chi connectivity index (χ2v) is 2.74. The highest BCUT2D eigenvalue weighted by atomic mass is 79.9. The van der Waals surface area contributed by atoms with E-state index in [1.165, 1.54) is 0 Å². The maximum Gasteiger partial charge on any atom is 0.139 e. The van der Waals surface area contributed by atoms with Crippen LogP contribution in [0, 0.1) is 0 Å². The van der Waals surface area contributed by atoms with Crippen molar-refractivity contribution in [3.63, 3.8) is 0 Å². The molecule has 0 amide bonds. The van der Waals surface area contributed by atoms with Crippen LogP contribution in [-0.2, 0) is 6.54 Å². The van der Waals surface area contributed by atoms with Crippen molar-refractivity contribution in [3.05, 3.63) is 22.4 Å². The summed E-state index contributed by atoms with van der Waals surface area (Å²) in [5.74, 6) is 0.136. The van der Waals surface area contributed by atoms with Crippen molar-refractivity contribution < 1.29 is 5.11 Å². The van der Waals surface area contributed by atoms with Gasteiger partial charge in [-0.25, -0.2) is 0 Å².